The molecule has 6 rings (SSSR count). The molecule has 0 bridgehead atoms. The molecule has 0 saturated heterocycles. The number of amides is 1. The number of carboxylic acids is 1. The number of ether oxygens (including phenoxy) is 1. The summed E-state index contributed by atoms with van der Waals surface area (Å²) in [7, 11) is 1.46. The second kappa shape index (κ2) is 10.9. The fourth-order valence-corrected chi connectivity index (χ4v) is 5.73. The van der Waals surface area contributed by atoms with E-state index in [1.165, 1.54) is 19.3 Å². The maximum absolute atomic E-state index is 13.3. The van der Waals surface area contributed by atoms with E-state index in [9.17, 15) is 19.1 Å². The molecule has 3 aromatic carbocycles. The average Bonchev–Trinajstić information content (AvgIpc) is 3.50. The molecule has 206 valence electrons. The number of carboxylic acid groups (broad SMARTS) is 1. The van der Waals surface area contributed by atoms with Gasteiger partial charge in [-0.25, -0.2) is 14.6 Å². The van der Waals surface area contributed by atoms with E-state index in [1.807, 2.05) is 71.4 Å². The first-order valence-electron chi connectivity index (χ1n) is 13.4. The van der Waals surface area contributed by atoms with Crippen LogP contribution in [0.25, 0.3) is 22.0 Å². The number of likely N-dealkylation sites (N-methyl/N-ethyl adjacent to an activating group) is 1. The van der Waals surface area contributed by atoms with E-state index in [4.69, 9.17) is 4.74 Å². The van der Waals surface area contributed by atoms with Gasteiger partial charge in [-0.15, -0.1) is 0 Å². The zero-order chi connectivity index (χ0) is 28.5. The first-order chi connectivity index (χ1) is 19.9. The van der Waals surface area contributed by atoms with Gasteiger partial charge in [0.05, 0.1) is 0 Å². The molecular weight excluding hydrogens is 521 g/mol. The van der Waals surface area contributed by atoms with Crippen molar-refractivity contribution in [3.05, 3.63) is 126 Å². The number of aromatic nitrogens is 2. The lowest BCUT2D eigenvalue weighted by Crippen LogP contribution is -2.44. The van der Waals surface area contributed by atoms with Gasteiger partial charge in [0.1, 0.15) is 12.6 Å². The lowest BCUT2D eigenvalue weighted by Gasteiger charge is -2.25. The number of hydrogen-bond acceptors (Lipinski definition) is 4. The second-order valence-corrected chi connectivity index (χ2v) is 10.3. The van der Waals surface area contributed by atoms with Gasteiger partial charge >= 0.3 is 12.1 Å². The number of para-hydroxylation sites is 1. The van der Waals surface area contributed by atoms with Crippen LogP contribution in [-0.2, 0) is 22.5 Å². The SMILES string of the molecule is CN(C(=O)OCC1c2ccccc2-c2ccccc21)[C@@H](Cc1cn(Cc2ccc(F)nc2)c2ccccc12)C(=O)O. The Morgan fingerprint density at radius 3 is 2.29 bits per heavy atom. The fraction of sp³-hybridized carbons (Fsp3) is 0.182. The largest absolute Gasteiger partial charge is 0.480 e. The van der Waals surface area contributed by atoms with Crippen LogP contribution in [-0.4, -0.2) is 51.3 Å². The molecule has 0 saturated carbocycles. The second-order valence-electron chi connectivity index (χ2n) is 10.3. The number of aliphatic carboxylic acids is 1. The molecule has 8 heteroatoms. The van der Waals surface area contributed by atoms with E-state index in [0.29, 0.717) is 6.54 Å². The molecule has 7 nitrogen and oxygen atoms in total. The molecule has 0 aliphatic heterocycles. The topological polar surface area (TPSA) is 84.7 Å². The number of hydrogen-bond donors (Lipinski definition) is 1. The van der Waals surface area contributed by atoms with Crippen LogP contribution in [0, 0.1) is 5.95 Å². The molecule has 1 atom stereocenters. The highest BCUT2D eigenvalue weighted by Gasteiger charge is 2.32. The summed E-state index contributed by atoms with van der Waals surface area (Å²) in [4.78, 5) is 30.5. The standard InChI is InChI=1S/C33H28FN3O4/c1-36(33(40)41-20-28-26-11-4-2-9-24(26)25-10-3-5-12-27(25)28)30(32(38)39)16-22-19-37(29-13-7-6-8-23(22)29)18-21-14-15-31(34)35-17-21/h2-15,17,19,28,30H,16,18,20H2,1H3,(H,38,39)/t30-/m0/s1. The molecule has 0 unspecified atom stereocenters. The number of carbonyl (C=O) groups is 2. The summed E-state index contributed by atoms with van der Waals surface area (Å²) in [5.41, 5.74) is 6.90. The van der Waals surface area contributed by atoms with E-state index in [-0.39, 0.29) is 18.9 Å². The first-order valence-corrected chi connectivity index (χ1v) is 13.4. The Bertz CT molecular complexity index is 1700. The number of pyridine rings is 1. The van der Waals surface area contributed by atoms with Crippen LogP contribution in [0.1, 0.15) is 28.2 Å². The number of rotatable bonds is 8. The molecule has 1 aliphatic carbocycles. The van der Waals surface area contributed by atoms with Crippen molar-refractivity contribution in [1.82, 2.24) is 14.5 Å². The van der Waals surface area contributed by atoms with Crippen LogP contribution in [0.15, 0.2) is 97.3 Å². The lowest BCUT2D eigenvalue weighted by atomic mass is 9.98. The van der Waals surface area contributed by atoms with Crippen molar-refractivity contribution in [2.75, 3.05) is 13.7 Å². The Labute approximate surface area is 236 Å². The van der Waals surface area contributed by atoms with Gasteiger partial charge in [0.25, 0.3) is 0 Å². The van der Waals surface area contributed by atoms with Crippen LogP contribution in [0.4, 0.5) is 9.18 Å². The Balaban J connectivity index is 1.20. The molecule has 5 aromatic rings. The predicted molar refractivity (Wildman–Crippen MR) is 153 cm³/mol. The molecule has 1 N–H and O–H groups in total. The fourth-order valence-electron chi connectivity index (χ4n) is 5.73. The third-order valence-corrected chi connectivity index (χ3v) is 7.80. The van der Waals surface area contributed by atoms with Gasteiger partial charge in [-0.05, 0) is 45.5 Å². The highest BCUT2D eigenvalue weighted by atomic mass is 19.1. The Kier molecular flexibility index (Phi) is 6.97. The van der Waals surface area contributed by atoms with Crippen molar-refractivity contribution in [3.63, 3.8) is 0 Å². The summed E-state index contributed by atoms with van der Waals surface area (Å²) in [6, 6.07) is 25.6. The summed E-state index contributed by atoms with van der Waals surface area (Å²) in [5, 5.41) is 11.0. The average molecular weight is 550 g/mol. The predicted octanol–water partition coefficient (Wildman–Crippen LogP) is 6.10. The first kappa shape index (κ1) is 26.3. The molecule has 0 spiro atoms. The highest BCUT2D eigenvalue weighted by Crippen LogP contribution is 2.44. The van der Waals surface area contributed by atoms with Gasteiger partial charge in [-0.3, -0.25) is 4.90 Å². The van der Waals surface area contributed by atoms with Crippen molar-refractivity contribution < 1.29 is 23.8 Å². The summed E-state index contributed by atoms with van der Waals surface area (Å²) >= 11 is 0. The number of halogens is 1. The number of benzene rings is 3. The quantitative estimate of drug-likeness (QED) is 0.237. The van der Waals surface area contributed by atoms with E-state index >= 15 is 0 Å². The van der Waals surface area contributed by atoms with Crippen LogP contribution in [0.3, 0.4) is 0 Å². The van der Waals surface area contributed by atoms with Gasteiger partial charge in [0, 0.05) is 49.2 Å². The van der Waals surface area contributed by atoms with Crippen molar-refractivity contribution in [1.29, 1.82) is 0 Å². The summed E-state index contributed by atoms with van der Waals surface area (Å²) in [6.07, 6.45) is 2.76. The molecule has 0 radical (unpaired) electrons. The molecule has 0 fully saturated rings. The number of carbonyl (C=O) groups excluding carboxylic acids is 1. The zero-order valence-corrected chi connectivity index (χ0v) is 22.4. The summed E-state index contributed by atoms with van der Waals surface area (Å²) in [6.45, 7) is 0.544. The maximum atomic E-state index is 13.3. The molecule has 1 amide bonds. The van der Waals surface area contributed by atoms with Crippen LogP contribution in [0.5, 0.6) is 0 Å². The van der Waals surface area contributed by atoms with Gasteiger partial charge < -0.3 is 14.4 Å². The van der Waals surface area contributed by atoms with Crippen LogP contribution >= 0.6 is 0 Å². The maximum Gasteiger partial charge on any atom is 0.410 e. The molecule has 2 aromatic heterocycles. The van der Waals surface area contributed by atoms with E-state index in [0.717, 1.165) is 49.2 Å². The smallest absolute Gasteiger partial charge is 0.410 e. The Hall–Kier alpha value is -4.98. The highest BCUT2D eigenvalue weighted by molar-refractivity contribution is 5.86. The van der Waals surface area contributed by atoms with Crippen LogP contribution in [0.2, 0.25) is 0 Å². The lowest BCUT2D eigenvalue weighted by molar-refractivity contribution is -0.142. The third-order valence-electron chi connectivity index (χ3n) is 7.80. The summed E-state index contributed by atoms with van der Waals surface area (Å²) in [5.74, 6) is -1.80. The molecule has 1 aliphatic rings. The van der Waals surface area contributed by atoms with E-state index in [2.05, 4.69) is 17.1 Å². The number of fused-ring (bicyclic) bond motifs is 4. The van der Waals surface area contributed by atoms with Crippen molar-refractivity contribution in [3.8, 4) is 11.1 Å². The molecule has 41 heavy (non-hydrogen) atoms. The van der Waals surface area contributed by atoms with Crippen molar-refractivity contribution >= 4 is 23.0 Å². The molecular formula is C33H28FN3O4. The minimum absolute atomic E-state index is 0.0885. The van der Waals surface area contributed by atoms with Gasteiger partial charge in [-0.1, -0.05) is 72.8 Å². The third kappa shape index (κ3) is 5.04. The monoisotopic (exact) mass is 549 g/mol. The van der Waals surface area contributed by atoms with Crippen molar-refractivity contribution in [2.24, 2.45) is 0 Å². The molecule has 2 heterocycles. The zero-order valence-electron chi connectivity index (χ0n) is 22.4. The van der Waals surface area contributed by atoms with Crippen LogP contribution < -0.4 is 0 Å². The minimum Gasteiger partial charge on any atom is -0.480 e. The normalized spacial score (nSPS) is 13.0. The minimum atomic E-state index is -1.14. The van der Waals surface area contributed by atoms with E-state index in [1.54, 1.807) is 6.07 Å². The van der Waals surface area contributed by atoms with Gasteiger partial charge in [-0.2, -0.15) is 4.39 Å². The Morgan fingerprint density at radius 1 is 0.976 bits per heavy atom. The number of nitrogens with zero attached hydrogens (tertiary/aromatic N) is 3. The van der Waals surface area contributed by atoms with E-state index < -0.39 is 24.1 Å². The Morgan fingerprint density at radius 2 is 1.63 bits per heavy atom. The van der Waals surface area contributed by atoms with Gasteiger partial charge in [0.2, 0.25) is 5.95 Å². The summed E-state index contributed by atoms with van der Waals surface area (Å²) < 4.78 is 21.0. The van der Waals surface area contributed by atoms with Gasteiger partial charge in [0.15, 0.2) is 0 Å². The van der Waals surface area contributed by atoms with Crippen molar-refractivity contribution in [2.45, 2.75) is 24.9 Å².